The van der Waals surface area contributed by atoms with E-state index in [4.69, 9.17) is 9.47 Å². The number of hydrogen-bond donors (Lipinski definition) is 0. The molecule has 0 aliphatic heterocycles. The van der Waals surface area contributed by atoms with Gasteiger partial charge in [0.15, 0.2) is 0 Å². The third-order valence-electron chi connectivity index (χ3n) is 2.01. The molecule has 0 saturated heterocycles. The molecule has 0 spiro atoms. The highest BCUT2D eigenvalue weighted by atomic mass is 16.6. The van der Waals surface area contributed by atoms with Gasteiger partial charge in [0.2, 0.25) is 0 Å². The van der Waals surface area contributed by atoms with Crippen LogP contribution in [0.5, 0.6) is 5.88 Å². The summed E-state index contributed by atoms with van der Waals surface area (Å²) in [5.74, 6) is 0.161. The maximum absolute atomic E-state index is 10.9. The molecule has 1 aromatic rings. The Morgan fingerprint density at radius 1 is 1.56 bits per heavy atom. The summed E-state index contributed by atoms with van der Waals surface area (Å²) in [5, 5.41) is 10.9. The predicted molar refractivity (Wildman–Crippen MR) is 58.2 cm³/mol. The van der Waals surface area contributed by atoms with Gasteiger partial charge in [0, 0.05) is 5.69 Å². The average Bonchev–Trinajstić information content (AvgIpc) is 2.26. The van der Waals surface area contributed by atoms with E-state index >= 15 is 0 Å². The van der Waals surface area contributed by atoms with Gasteiger partial charge in [-0.05, 0) is 13.0 Å². The van der Waals surface area contributed by atoms with Crippen LogP contribution in [0.2, 0.25) is 0 Å². The first-order valence-corrected chi connectivity index (χ1v) is 4.44. The van der Waals surface area contributed by atoms with Crippen molar-refractivity contribution in [1.29, 1.82) is 0 Å². The first-order valence-electron chi connectivity index (χ1n) is 4.44. The molecule has 0 fully saturated rings. The van der Waals surface area contributed by atoms with Crippen LogP contribution in [-0.2, 0) is 4.74 Å². The molecule has 6 nitrogen and oxygen atoms in total. The average molecular weight is 224 g/mol. The number of hydrogen-bond acceptors (Lipinski definition) is 5. The number of aromatic nitrogens is 1. The van der Waals surface area contributed by atoms with Crippen LogP contribution in [-0.4, -0.2) is 24.1 Å². The summed E-state index contributed by atoms with van der Waals surface area (Å²) in [6, 6.07) is 1.53. The van der Waals surface area contributed by atoms with Crippen molar-refractivity contribution in [2.45, 2.75) is 6.92 Å². The lowest BCUT2D eigenvalue weighted by Gasteiger charge is -2.08. The Hall–Kier alpha value is -2.11. The number of nitro groups is 1. The molecule has 1 aromatic heterocycles. The largest absolute Gasteiger partial charge is 0.496 e. The van der Waals surface area contributed by atoms with Crippen LogP contribution in [0, 0.1) is 17.0 Å². The molecule has 0 radical (unpaired) electrons. The highest BCUT2D eigenvalue weighted by molar-refractivity contribution is 5.70. The zero-order valence-electron chi connectivity index (χ0n) is 9.31. The molecule has 0 N–H and O–H groups in total. The van der Waals surface area contributed by atoms with Crippen molar-refractivity contribution in [1.82, 2.24) is 4.98 Å². The van der Waals surface area contributed by atoms with Crippen LogP contribution < -0.4 is 4.74 Å². The van der Waals surface area contributed by atoms with Crippen molar-refractivity contribution in [3.05, 3.63) is 34.0 Å². The fourth-order valence-corrected chi connectivity index (χ4v) is 1.28. The van der Waals surface area contributed by atoms with Crippen molar-refractivity contribution in [3.8, 4) is 5.88 Å². The summed E-state index contributed by atoms with van der Waals surface area (Å²) >= 11 is 0. The Balaban J connectivity index is 3.50. The Morgan fingerprint density at radius 2 is 2.19 bits per heavy atom. The Bertz CT molecular complexity index is 443. The van der Waals surface area contributed by atoms with Gasteiger partial charge in [0.05, 0.1) is 19.1 Å². The molecule has 0 atom stereocenters. The predicted octanol–water partition coefficient (Wildman–Crippen LogP) is 1.92. The van der Waals surface area contributed by atoms with E-state index < -0.39 is 4.92 Å². The fraction of sp³-hybridized carbons (Fsp3) is 0.300. The van der Waals surface area contributed by atoms with E-state index in [1.54, 1.807) is 6.92 Å². The molecule has 86 valence electrons. The number of nitrogens with zero attached hydrogens (tertiary/aromatic N) is 2. The molecular formula is C10H12N2O4. The monoisotopic (exact) mass is 224 g/mol. The minimum absolute atomic E-state index is 0.0433. The number of ether oxygens (including phenoxy) is 2. The van der Waals surface area contributed by atoms with Crippen LogP contribution in [0.1, 0.15) is 11.3 Å². The Morgan fingerprint density at radius 3 is 2.62 bits per heavy atom. The van der Waals surface area contributed by atoms with E-state index in [0.29, 0.717) is 5.69 Å². The lowest BCUT2D eigenvalue weighted by molar-refractivity contribution is -0.386. The van der Waals surface area contributed by atoms with E-state index in [2.05, 4.69) is 11.6 Å². The van der Waals surface area contributed by atoms with Gasteiger partial charge in [0.1, 0.15) is 11.3 Å². The summed E-state index contributed by atoms with van der Waals surface area (Å²) in [5.41, 5.74) is 0.632. The molecule has 16 heavy (non-hydrogen) atoms. The topological polar surface area (TPSA) is 74.5 Å². The maximum atomic E-state index is 10.9. The van der Waals surface area contributed by atoms with Gasteiger partial charge in [-0.15, -0.1) is 0 Å². The van der Waals surface area contributed by atoms with Crippen LogP contribution >= 0.6 is 0 Å². The standard InChI is InChI=1S/C10H12N2O4/c1-6-5-8(7(2)15-3)9(12(13)14)10(11-6)16-4/h5H,2H2,1,3-4H3. The first kappa shape index (κ1) is 12.0. The van der Waals surface area contributed by atoms with Crippen molar-refractivity contribution in [2.24, 2.45) is 0 Å². The van der Waals surface area contributed by atoms with Crippen LogP contribution in [0.25, 0.3) is 5.76 Å². The van der Waals surface area contributed by atoms with E-state index in [-0.39, 0.29) is 22.9 Å². The summed E-state index contributed by atoms with van der Waals surface area (Å²) in [6.45, 7) is 5.30. The maximum Gasteiger partial charge on any atom is 0.341 e. The van der Waals surface area contributed by atoms with Crippen LogP contribution in [0.3, 0.4) is 0 Å². The third-order valence-corrected chi connectivity index (χ3v) is 2.01. The molecule has 6 heteroatoms. The zero-order chi connectivity index (χ0) is 12.3. The van der Waals surface area contributed by atoms with Crippen molar-refractivity contribution in [3.63, 3.8) is 0 Å². The molecule has 0 aliphatic carbocycles. The molecule has 0 unspecified atom stereocenters. The molecule has 0 aromatic carbocycles. The number of methoxy groups -OCH3 is 2. The van der Waals surface area contributed by atoms with Crippen LogP contribution in [0.15, 0.2) is 12.6 Å². The SMILES string of the molecule is C=C(OC)c1cc(C)nc(OC)c1[N+](=O)[O-]. The molecule has 0 saturated carbocycles. The summed E-state index contributed by atoms with van der Waals surface area (Å²) in [7, 11) is 2.72. The summed E-state index contributed by atoms with van der Waals surface area (Å²) in [6.07, 6.45) is 0. The number of aryl methyl sites for hydroxylation is 1. The van der Waals surface area contributed by atoms with E-state index in [1.807, 2.05) is 0 Å². The quantitative estimate of drug-likeness (QED) is 0.443. The lowest BCUT2D eigenvalue weighted by Crippen LogP contribution is -2.02. The van der Waals surface area contributed by atoms with Gasteiger partial charge in [-0.2, -0.15) is 0 Å². The molecule has 1 rings (SSSR count). The normalized spacial score (nSPS) is 9.69. The molecule has 0 amide bonds. The number of pyridine rings is 1. The molecule has 1 heterocycles. The van der Waals surface area contributed by atoms with Gasteiger partial charge in [-0.25, -0.2) is 4.98 Å². The van der Waals surface area contributed by atoms with Gasteiger partial charge >= 0.3 is 5.69 Å². The van der Waals surface area contributed by atoms with Gasteiger partial charge < -0.3 is 9.47 Å². The highest BCUT2D eigenvalue weighted by Gasteiger charge is 2.25. The highest BCUT2D eigenvalue weighted by Crippen LogP contribution is 2.33. The van der Waals surface area contributed by atoms with Crippen LogP contribution in [0.4, 0.5) is 5.69 Å². The van der Waals surface area contributed by atoms with Gasteiger partial charge in [0.25, 0.3) is 5.88 Å². The van der Waals surface area contributed by atoms with Crippen molar-refractivity contribution in [2.75, 3.05) is 14.2 Å². The van der Waals surface area contributed by atoms with Crippen molar-refractivity contribution >= 4 is 11.4 Å². The molecular weight excluding hydrogens is 212 g/mol. The second-order valence-corrected chi connectivity index (χ2v) is 3.05. The second kappa shape index (κ2) is 4.61. The molecule has 0 aliphatic rings. The minimum Gasteiger partial charge on any atom is -0.496 e. The van der Waals surface area contributed by atoms with E-state index in [1.165, 1.54) is 20.3 Å². The Kier molecular flexibility index (Phi) is 3.44. The second-order valence-electron chi connectivity index (χ2n) is 3.05. The van der Waals surface area contributed by atoms with Crippen molar-refractivity contribution < 1.29 is 14.4 Å². The summed E-state index contributed by atoms with van der Waals surface area (Å²) in [4.78, 5) is 14.3. The third kappa shape index (κ3) is 2.10. The zero-order valence-corrected chi connectivity index (χ0v) is 9.31. The molecule has 0 bridgehead atoms. The Labute approximate surface area is 92.7 Å². The van der Waals surface area contributed by atoms with E-state index in [9.17, 15) is 10.1 Å². The summed E-state index contributed by atoms with van der Waals surface area (Å²) < 4.78 is 9.77. The minimum atomic E-state index is -0.565. The fourth-order valence-electron chi connectivity index (χ4n) is 1.28. The van der Waals surface area contributed by atoms with Gasteiger partial charge in [-0.3, -0.25) is 10.1 Å². The van der Waals surface area contributed by atoms with Gasteiger partial charge in [-0.1, -0.05) is 6.58 Å². The van der Waals surface area contributed by atoms with E-state index in [0.717, 1.165) is 0 Å². The first-order chi connectivity index (χ1) is 7.51. The smallest absolute Gasteiger partial charge is 0.341 e. The lowest BCUT2D eigenvalue weighted by atomic mass is 10.1. The number of rotatable bonds is 4.